The summed E-state index contributed by atoms with van der Waals surface area (Å²) < 4.78 is 9.95. The van der Waals surface area contributed by atoms with Crippen LogP contribution in [0.5, 0.6) is 0 Å². The van der Waals surface area contributed by atoms with Gasteiger partial charge in [0, 0.05) is 5.56 Å². The van der Waals surface area contributed by atoms with E-state index in [1.165, 1.54) is 7.11 Å². The summed E-state index contributed by atoms with van der Waals surface area (Å²) in [5.74, 6) is -1.18. The van der Waals surface area contributed by atoms with Crippen LogP contribution in [-0.2, 0) is 14.3 Å². The van der Waals surface area contributed by atoms with Crippen molar-refractivity contribution in [1.29, 1.82) is 0 Å². The second kappa shape index (κ2) is 6.52. The molecule has 2 aromatic carbocycles. The molecule has 0 saturated carbocycles. The highest BCUT2D eigenvalue weighted by atomic mass is 16.6. The molecule has 102 valence electrons. The van der Waals surface area contributed by atoms with Gasteiger partial charge in [0.2, 0.25) is 6.10 Å². The maximum Gasteiger partial charge on any atom is 0.351 e. The largest absolute Gasteiger partial charge is 0.466 e. The van der Waals surface area contributed by atoms with E-state index in [2.05, 4.69) is 4.74 Å². The molecule has 0 aromatic heterocycles. The SMILES string of the molecule is COC(=O)[C@@H](OC(=O)c1ccccc1)c1ccccc1. The Morgan fingerprint density at radius 2 is 1.45 bits per heavy atom. The highest BCUT2D eigenvalue weighted by Crippen LogP contribution is 2.20. The van der Waals surface area contributed by atoms with Crippen LogP contribution in [0.1, 0.15) is 22.0 Å². The third-order valence-electron chi connectivity index (χ3n) is 2.75. The van der Waals surface area contributed by atoms with Crippen molar-refractivity contribution in [2.45, 2.75) is 6.10 Å². The van der Waals surface area contributed by atoms with Crippen molar-refractivity contribution in [3.63, 3.8) is 0 Å². The van der Waals surface area contributed by atoms with E-state index < -0.39 is 18.0 Å². The monoisotopic (exact) mass is 270 g/mol. The first-order chi connectivity index (χ1) is 9.72. The van der Waals surface area contributed by atoms with Crippen molar-refractivity contribution in [1.82, 2.24) is 0 Å². The summed E-state index contributed by atoms with van der Waals surface area (Å²) in [7, 11) is 1.26. The van der Waals surface area contributed by atoms with Gasteiger partial charge in [-0.2, -0.15) is 0 Å². The fourth-order valence-electron chi connectivity index (χ4n) is 1.74. The highest BCUT2D eigenvalue weighted by molar-refractivity contribution is 5.91. The van der Waals surface area contributed by atoms with Crippen molar-refractivity contribution in [2.75, 3.05) is 7.11 Å². The zero-order chi connectivity index (χ0) is 14.4. The van der Waals surface area contributed by atoms with Crippen LogP contribution in [0.4, 0.5) is 0 Å². The average molecular weight is 270 g/mol. The van der Waals surface area contributed by atoms with Crippen LogP contribution in [0.15, 0.2) is 60.7 Å². The van der Waals surface area contributed by atoms with Gasteiger partial charge in [0.05, 0.1) is 12.7 Å². The third-order valence-corrected chi connectivity index (χ3v) is 2.75. The first kappa shape index (κ1) is 13.8. The predicted octanol–water partition coefficient (Wildman–Crippen LogP) is 2.76. The molecule has 0 aliphatic carbocycles. The van der Waals surface area contributed by atoms with Crippen molar-refractivity contribution < 1.29 is 19.1 Å². The number of carbonyl (C=O) groups is 2. The van der Waals surface area contributed by atoms with Crippen LogP contribution in [-0.4, -0.2) is 19.0 Å². The molecule has 0 bridgehead atoms. The van der Waals surface area contributed by atoms with Crippen LogP contribution in [0.2, 0.25) is 0 Å². The molecule has 4 nitrogen and oxygen atoms in total. The van der Waals surface area contributed by atoms with E-state index in [1.807, 2.05) is 6.07 Å². The summed E-state index contributed by atoms with van der Waals surface area (Å²) in [6.45, 7) is 0. The number of carbonyl (C=O) groups excluding carboxylic acids is 2. The minimum atomic E-state index is -1.06. The van der Waals surface area contributed by atoms with E-state index in [0.29, 0.717) is 11.1 Å². The van der Waals surface area contributed by atoms with Crippen molar-refractivity contribution in [3.05, 3.63) is 71.8 Å². The Morgan fingerprint density at radius 1 is 0.900 bits per heavy atom. The topological polar surface area (TPSA) is 52.6 Å². The maximum absolute atomic E-state index is 12.0. The Kier molecular flexibility index (Phi) is 4.50. The molecule has 0 aliphatic heterocycles. The van der Waals surface area contributed by atoms with Gasteiger partial charge in [-0.3, -0.25) is 0 Å². The minimum Gasteiger partial charge on any atom is -0.466 e. The maximum atomic E-state index is 12.0. The van der Waals surface area contributed by atoms with Crippen LogP contribution in [0.25, 0.3) is 0 Å². The van der Waals surface area contributed by atoms with Gasteiger partial charge < -0.3 is 9.47 Å². The molecule has 0 heterocycles. The Morgan fingerprint density at radius 3 is 2.00 bits per heavy atom. The van der Waals surface area contributed by atoms with Gasteiger partial charge in [0.1, 0.15) is 0 Å². The summed E-state index contributed by atoms with van der Waals surface area (Å²) in [5.41, 5.74) is 0.959. The van der Waals surface area contributed by atoms with Crippen molar-refractivity contribution in [3.8, 4) is 0 Å². The molecule has 0 amide bonds. The quantitative estimate of drug-likeness (QED) is 0.802. The first-order valence-electron chi connectivity index (χ1n) is 6.11. The number of benzene rings is 2. The number of ether oxygens (including phenoxy) is 2. The van der Waals surface area contributed by atoms with Gasteiger partial charge in [-0.25, -0.2) is 9.59 Å². The van der Waals surface area contributed by atoms with Crippen molar-refractivity contribution in [2.24, 2.45) is 0 Å². The lowest BCUT2D eigenvalue weighted by molar-refractivity contribution is -0.151. The minimum absolute atomic E-state index is 0.386. The van der Waals surface area contributed by atoms with Gasteiger partial charge in [-0.05, 0) is 12.1 Å². The Bertz CT molecular complexity index is 578. The van der Waals surface area contributed by atoms with Crippen molar-refractivity contribution >= 4 is 11.9 Å². The fraction of sp³-hybridized carbons (Fsp3) is 0.125. The first-order valence-corrected chi connectivity index (χ1v) is 6.11. The van der Waals surface area contributed by atoms with E-state index in [1.54, 1.807) is 54.6 Å². The molecule has 0 aliphatic rings. The summed E-state index contributed by atoms with van der Waals surface area (Å²) in [6.07, 6.45) is -1.06. The average Bonchev–Trinajstić information content (AvgIpc) is 2.53. The standard InChI is InChI=1S/C16H14O4/c1-19-16(18)14(12-8-4-2-5-9-12)20-15(17)13-10-6-3-7-11-13/h2-11,14H,1H3/t14-/m0/s1. The molecule has 0 N–H and O–H groups in total. The normalized spacial score (nSPS) is 11.4. The number of esters is 2. The number of rotatable bonds is 4. The van der Waals surface area contributed by atoms with E-state index in [-0.39, 0.29) is 0 Å². The summed E-state index contributed by atoms with van der Waals surface area (Å²) in [6, 6.07) is 17.3. The highest BCUT2D eigenvalue weighted by Gasteiger charge is 2.26. The molecule has 2 aromatic rings. The Labute approximate surface area is 116 Å². The van der Waals surface area contributed by atoms with Gasteiger partial charge >= 0.3 is 11.9 Å². The third kappa shape index (κ3) is 3.23. The lowest BCUT2D eigenvalue weighted by atomic mass is 10.1. The molecule has 4 heteroatoms. The summed E-state index contributed by atoms with van der Waals surface area (Å²) in [5, 5.41) is 0. The molecule has 0 fully saturated rings. The van der Waals surface area contributed by atoms with E-state index in [4.69, 9.17) is 4.74 Å². The number of hydrogen-bond donors (Lipinski definition) is 0. The van der Waals surface area contributed by atoms with Gasteiger partial charge in [-0.15, -0.1) is 0 Å². The Balaban J connectivity index is 2.21. The zero-order valence-electron chi connectivity index (χ0n) is 11.0. The lowest BCUT2D eigenvalue weighted by Gasteiger charge is -2.16. The van der Waals surface area contributed by atoms with Crippen LogP contribution < -0.4 is 0 Å². The molecular formula is C16H14O4. The molecule has 0 unspecified atom stereocenters. The predicted molar refractivity (Wildman–Crippen MR) is 73.1 cm³/mol. The smallest absolute Gasteiger partial charge is 0.351 e. The molecule has 1 atom stereocenters. The fourth-order valence-corrected chi connectivity index (χ4v) is 1.74. The van der Waals surface area contributed by atoms with Crippen LogP contribution >= 0.6 is 0 Å². The van der Waals surface area contributed by atoms with E-state index in [9.17, 15) is 9.59 Å². The van der Waals surface area contributed by atoms with Crippen LogP contribution in [0, 0.1) is 0 Å². The zero-order valence-corrected chi connectivity index (χ0v) is 11.0. The lowest BCUT2D eigenvalue weighted by Crippen LogP contribution is -2.21. The molecule has 0 saturated heterocycles. The Hall–Kier alpha value is -2.62. The summed E-state index contributed by atoms with van der Waals surface area (Å²) >= 11 is 0. The van der Waals surface area contributed by atoms with Gasteiger partial charge in [0.25, 0.3) is 0 Å². The van der Waals surface area contributed by atoms with Gasteiger partial charge in [0.15, 0.2) is 0 Å². The van der Waals surface area contributed by atoms with Gasteiger partial charge in [-0.1, -0.05) is 48.5 Å². The second-order valence-electron chi connectivity index (χ2n) is 4.09. The summed E-state index contributed by atoms with van der Waals surface area (Å²) in [4.78, 5) is 23.8. The van der Waals surface area contributed by atoms with Crippen LogP contribution in [0.3, 0.4) is 0 Å². The van der Waals surface area contributed by atoms with E-state index in [0.717, 1.165) is 0 Å². The molecule has 20 heavy (non-hydrogen) atoms. The second-order valence-corrected chi connectivity index (χ2v) is 4.09. The molecule has 0 spiro atoms. The molecule has 0 radical (unpaired) electrons. The number of hydrogen-bond acceptors (Lipinski definition) is 4. The molecule has 2 rings (SSSR count). The number of methoxy groups -OCH3 is 1. The molecular weight excluding hydrogens is 256 g/mol. The van der Waals surface area contributed by atoms with E-state index >= 15 is 0 Å².